The van der Waals surface area contributed by atoms with Gasteiger partial charge < -0.3 is 0 Å². The lowest BCUT2D eigenvalue weighted by Gasteiger charge is -2.08. The van der Waals surface area contributed by atoms with Gasteiger partial charge in [0.05, 0.1) is 0 Å². The molecule has 4 atom stereocenters. The van der Waals surface area contributed by atoms with Gasteiger partial charge in [0.25, 0.3) is 0 Å². The summed E-state index contributed by atoms with van der Waals surface area (Å²) in [6.45, 7) is 0. The van der Waals surface area contributed by atoms with Gasteiger partial charge >= 0.3 is 0 Å². The summed E-state index contributed by atoms with van der Waals surface area (Å²) in [5.74, 6) is 0. The molecule has 0 amide bonds. The monoisotopic (exact) mass is 706 g/mol. The van der Waals surface area contributed by atoms with Crippen molar-refractivity contribution < 1.29 is 0 Å². The van der Waals surface area contributed by atoms with E-state index in [2.05, 4.69) is 182 Å². The highest BCUT2D eigenvalue weighted by Gasteiger charge is 2.27. The lowest BCUT2D eigenvalue weighted by atomic mass is 10.2. The van der Waals surface area contributed by atoms with Crippen LogP contribution in [-0.4, -0.2) is 0 Å². The van der Waals surface area contributed by atoms with E-state index in [1.165, 1.54) is 53.0 Å². The first kappa shape index (κ1) is 29.0. The second kappa shape index (κ2) is 11.4. The summed E-state index contributed by atoms with van der Waals surface area (Å²) in [5.41, 5.74) is 0. The molecule has 234 valence electrons. The predicted octanol–water partition coefficient (Wildman–Crippen LogP) is 16.5. The van der Waals surface area contributed by atoms with Gasteiger partial charge in [-0.25, -0.2) is 0 Å². The van der Waals surface area contributed by atoms with Crippen molar-refractivity contribution in [3.05, 3.63) is 182 Å². The molecule has 4 unspecified atom stereocenters. The van der Waals surface area contributed by atoms with Gasteiger partial charge in [-0.3, -0.25) is 0 Å². The van der Waals surface area contributed by atoms with Gasteiger partial charge in [-0.05, 0) is 54.9 Å². The molecule has 4 heterocycles. The maximum Gasteiger partial charge on any atom is 0.0194 e. The van der Waals surface area contributed by atoms with Gasteiger partial charge in [0.2, 0.25) is 0 Å². The minimum atomic E-state index is -0.732. The van der Waals surface area contributed by atoms with Gasteiger partial charge in [-0.1, -0.05) is 200 Å². The lowest BCUT2D eigenvalue weighted by molar-refractivity contribution is 1.76. The van der Waals surface area contributed by atoms with Crippen LogP contribution in [0.25, 0.3) is 83.7 Å². The van der Waals surface area contributed by atoms with Crippen LogP contribution in [0.1, 0.15) is 0 Å². The van der Waals surface area contributed by atoms with Crippen LogP contribution in [0.5, 0.6) is 0 Å². The van der Waals surface area contributed by atoms with Crippen molar-refractivity contribution >= 4 is 92.6 Å². The van der Waals surface area contributed by atoms with Gasteiger partial charge in [0, 0.05) is 40.9 Å². The molecule has 0 N–H and O–H groups in total. The van der Waals surface area contributed by atoms with Crippen LogP contribution in [0, 0.1) is 0 Å². The highest BCUT2D eigenvalue weighted by atomic mass is 31.1. The van der Waals surface area contributed by atoms with Crippen LogP contribution in [0.15, 0.2) is 182 Å². The second-order valence-corrected chi connectivity index (χ2v) is 21.5. The average molecular weight is 707 g/mol. The first-order valence-electron chi connectivity index (χ1n) is 17.1. The maximum absolute atomic E-state index is 2.70. The highest BCUT2D eigenvalue weighted by molar-refractivity contribution is 7.76. The van der Waals surface area contributed by atoms with Crippen molar-refractivity contribution in [2.45, 2.75) is 0 Å². The first-order chi connectivity index (χ1) is 24.9. The number of rotatable bonds is 4. The quantitative estimate of drug-likeness (QED) is 0.171. The predicted molar refractivity (Wildman–Crippen MR) is 228 cm³/mol. The molecule has 11 rings (SSSR count). The summed E-state index contributed by atoms with van der Waals surface area (Å²) in [6, 6.07) is 69.6. The second-order valence-electron chi connectivity index (χ2n) is 13.0. The van der Waals surface area contributed by atoms with Crippen molar-refractivity contribution in [1.82, 2.24) is 0 Å². The minimum Gasteiger partial charge on any atom is -0.0762 e. The molecule has 0 saturated carbocycles. The van der Waals surface area contributed by atoms with Crippen molar-refractivity contribution in [3.8, 4) is 21.2 Å². The fourth-order valence-corrected chi connectivity index (χ4v) is 20.6. The van der Waals surface area contributed by atoms with Gasteiger partial charge in [-0.2, -0.15) is 0 Å². The standard InChI is InChI=1S/C46H30P4/c1-5-17-31(18-6-1)47-39-27-15-13-25-35(39)43-45(47)37-29-42-38(30-41(37)49(43)33-21-9-3-10-22-33)46-44(50(42)34-23-11-4-12-24-34)36-26-14-16-28-40(36)48(46)32-19-7-2-8-20-32/h1-30H. The number of fused-ring (bicyclic) bond motifs is 10. The molecule has 0 fully saturated rings. The van der Waals surface area contributed by atoms with E-state index in [4.69, 9.17) is 0 Å². The molecule has 0 radical (unpaired) electrons. The summed E-state index contributed by atoms with van der Waals surface area (Å²) in [4.78, 5) is 0. The summed E-state index contributed by atoms with van der Waals surface area (Å²) in [6.07, 6.45) is 0. The van der Waals surface area contributed by atoms with Gasteiger partial charge in [0.15, 0.2) is 0 Å². The molecule has 7 aromatic carbocycles. The van der Waals surface area contributed by atoms with E-state index >= 15 is 0 Å². The third-order valence-corrected chi connectivity index (χ3v) is 21.0. The van der Waals surface area contributed by atoms with Crippen LogP contribution in [0.2, 0.25) is 0 Å². The molecule has 0 spiro atoms. The number of hydrogen-bond donors (Lipinski definition) is 0. The number of hydrogen-bond acceptors (Lipinski definition) is 0. The van der Waals surface area contributed by atoms with E-state index in [1.54, 1.807) is 30.7 Å². The molecule has 0 aliphatic rings. The molecule has 0 aliphatic carbocycles. The summed E-state index contributed by atoms with van der Waals surface area (Å²) < 4.78 is 0. The highest BCUT2D eigenvalue weighted by Crippen LogP contribution is 2.71. The Morgan fingerprint density at radius 2 is 0.480 bits per heavy atom. The zero-order valence-corrected chi connectivity index (χ0v) is 30.7. The third kappa shape index (κ3) is 4.09. The van der Waals surface area contributed by atoms with E-state index < -0.39 is 30.1 Å². The van der Waals surface area contributed by atoms with Crippen LogP contribution in [0.3, 0.4) is 0 Å². The molecular weight excluding hydrogens is 676 g/mol. The molecule has 50 heavy (non-hydrogen) atoms. The van der Waals surface area contributed by atoms with E-state index in [0.29, 0.717) is 0 Å². The Kier molecular flexibility index (Phi) is 6.60. The topological polar surface area (TPSA) is 0 Å². The normalized spacial score (nSPS) is 13.4. The molecule has 0 aliphatic heterocycles. The van der Waals surface area contributed by atoms with Crippen LogP contribution >= 0.6 is 30.1 Å². The van der Waals surface area contributed by atoms with Crippen LogP contribution in [-0.2, 0) is 0 Å². The molecule has 4 heteroatoms. The molecular formula is C46H30P4. The lowest BCUT2D eigenvalue weighted by Crippen LogP contribution is -1.72. The van der Waals surface area contributed by atoms with Crippen molar-refractivity contribution in [3.63, 3.8) is 0 Å². The van der Waals surface area contributed by atoms with E-state index in [1.807, 2.05) is 0 Å². The SMILES string of the molecule is c1ccc(-p2c3ccccc3c3c2c2cc4c(cc2p3-c2ccccc2)c2c(c3ccccc3p2-c2ccccc2)p4-c2ccccc2)cc1. The molecule has 0 saturated heterocycles. The average Bonchev–Trinajstić information content (AvgIpc) is 3.90. The first-order valence-corrected chi connectivity index (χ1v) is 22.5. The Labute approximate surface area is 294 Å². The molecule has 11 aromatic rings. The fraction of sp³-hybridized carbons (Fsp3) is 0. The zero-order chi connectivity index (χ0) is 32.8. The van der Waals surface area contributed by atoms with E-state index in [9.17, 15) is 0 Å². The van der Waals surface area contributed by atoms with Crippen LogP contribution in [0.4, 0.5) is 0 Å². The smallest absolute Gasteiger partial charge is 0.0194 e. The van der Waals surface area contributed by atoms with Crippen LogP contribution < -0.4 is 0 Å². The maximum atomic E-state index is 2.70. The largest absolute Gasteiger partial charge is 0.0762 e. The van der Waals surface area contributed by atoms with Gasteiger partial charge in [-0.15, -0.1) is 0 Å². The molecule has 0 nitrogen and oxygen atoms in total. The van der Waals surface area contributed by atoms with Crippen molar-refractivity contribution in [2.24, 2.45) is 0 Å². The zero-order valence-electron chi connectivity index (χ0n) is 27.1. The Bertz CT molecular complexity index is 2840. The summed E-state index contributed by atoms with van der Waals surface area (Å²) >= 11 is 0. The number of benzene rings is 7. The molecule has 4 aromatic heterocycles. The van der Waals surface area contributed by atoms with Crippen molar-refractivity contribution in [2.75, 3.05) is 0 Å². The third-order valence-electron chi connectivity index (χ3n) is 10.3. The summed E-state index contributed by atoms with van der Waals surface area (Å²) in [7, 11) is -2.83. The summed E-state index contributed by atoms with van der Waals surface area (Å²) in [5, 5.41) is 24.2. The Morgan fingerprint density at radius 3 is 0.820 bits per heavy atom. The Balaban J connectivity index is 1.42. The van der Waals surface area contributed by atoms with E-state index in [0.717, 1.165) is 0 Å². The minimum absolute atomic E-state index is 0.681. The Hall–Kier alpha value is -4.78. The van der Waals surface area contributed by atoms with E-state index in [-0.39, 0.29) is 0 Å². The fourth-order valence-electron chi connectivity index (χ4n) is 8.34. The molecule has 0 bridgehead atoms. The van der Waals surface area contributed by atoms with Crippen molar-refractivity contribution in [1.29, 1.82) is 0 Å². The van der Waals surface area contributed by atoms with Gasteiger partial charge in [0.1, 0.15) is 0 Å². The Morgan fingerprint density at radius 1 is 0.220 bits per heavy atom.